The maximum atomic E-state index is 12.2. The van der Waals surface area contributed by atoms with E-state index in [1.54, 1.807) is 49.8 Å². The van der Waals surface area contributed by atoms with E-state index < -0.39 is 17.1 Å². The van der Waals surface area contributed by atoms with Gasteiger partial charge in [-0.25, -0.2) is 14.3 Å². The first-order valence-electron chi connectivity index (χ1n) is 7.70. The summed E-state index contributed by atoms with van der Waals surface area (Å²) in [6.07, 6.45) is 3.90. The summed E-state index contributed by atoms with van der Waals surface area (Å²) in [6.45, 7) is 2.04. The predicted octanol–water partition coefficient (Wildman–Crippen LogP) is 1.01. The molecule has 0 unspecified atom stereocenters. The van der Waals surface area contributed by atoms with Crippen molar-refractivity contribution in [3.63, 3.8) is 0 Å². The number of H-pyrrole nitrogens is 2. The van der Waals surface area contributed by atoms with Crippen LogP contribution in [0.1, 0.15) is 18.2 Å². The number of aromatic nitrogens is 4. The van der Waals surface area contributed by atoms with E-state index >= 15 is 0 Å². The molecule has 2 aromatic heterocycles. The first-order valence-corrected chi connectivity index (χ1v) is 7.70. The van der Waals surface area contributed by atoms with Gasteiger partial charge in [0.25, 0.3) is 5.56 Å². The largest absolute Gasteiger partial charge is 0.493 e. The minimum absolute atomic E-state index is 0.0203. The van der Waals surface area contributed by atoms with Crippen LogP contribution >= 0.6 is 0 Å². The van der Waals surface area contributed by atoms with Crippen molar-refractivity contribution in [3.05, 3.63) is 75.0 Å². The van der Waals surface area contributed by atoms with Crippen molar-refractivity contribution < 1.29 is 5.11 Å². The molecule has 0 spiro atoms. The summed E-state index contributed by atoms with van der Waals surface area (Å²) in [5.41, 5.74) is 0.327. The van der Waals surface area contributed by atoms with Crippen LogP contribution in [0, 0.1) is 0 Å². The lowest BCUT2D eigenvalue weighted by Gasteiger charge is -2.11. The smallest absolute Gasteiger partial charge is 0.335 e. The third kappa shape index (κ3) is 3.42. The third-order valence-electron chi connectivity index (χ3n) is 3.75. The van der Waals surface area contributed by atoms with E-state index in [1.807, 2.05) is 0 Å². The molecule has 1 aromatic carbocycles. The van der Waals surface area contributed by atoms with Gasteiger partial charge in [0.05, 0.1) is 12.0 Å². The van der Waals surface area contributed by atoms with Gasteiger partial charge in [-0.05, 0) is 19.1 Å². The zero-order valence-corrected chi connectivity index (χ0v) is 13.6. The molecule has 2 heterocycles. The lowest BCUT2D eigenvalue weighted by molar-refractivity contribution is 0.429. The number of imidazole rings is 1. The fourth-order valence-corrected chi connectivity index (χ4v) is 2.51. The molecule has 128 valence electrons. The zero-order valence-electron chi connectivity index (χ0n) is 13.6. The minimum Gasteiger partial charge on any atom is -0.493 e. The number of aromatic amines is 2. The van der Waals surface area contributed by atoms with Crippen LogP contribution in [0.15, 0.2) is 57.4 Å². The maximum Gasteiger partial charge on any atom is 0.335 e. The summed E-state index contributed by atoms with van der Waals surface area (Å²) in [5.74, 6) is -0.428. The summed E-state index contributed by atoms with van der Waals surface area (Å²) >= 11 is 0. The minimum atomic E-state index is -0.706. The van der Waals surface area contributed by atoms with E-state index in [-0.39, 0.29) is 5.56 Å². The summed E-state index contributed by atoms with van der Waals surface area (Å²) < 4.78 is 1.05. The second-order valence-electron chi connectivity index (χ2n) is 5.42. The average molecular weight is 339 g/mol. The number of hydrogen-bond acceptors (Lipinski definition) is 5. The fourth-order valence-electron chi connectivity index (χ4n) is 2.51. The van der Waals surface area contributed by atoms with Gasteiger partial charge in [0.15, 0.2) is 0 Å². The topological polar surface area (TPSA) is 116 Å². The van der Waals surface area contributed by atoms with Crippen LogP contribution in [-0.4, -0.2) is 36.9 Å². The molecule has 0 fully saturated rings. The monoisotopic (exact) mass is 339 g/mol. The lowest BCUT2D eigenvalue weighted by atomic mass is 10.2. The molecular weight excluding hydrogens is 322 g/mol. The highest BCUT2D eigenvalue weighted by molar-refractivity contribution is 6.00. The molecule has 0 radical (unpaired) electrons. The molecular formula is C17H17N5O3. The molecule has 0 saturated heterocycles. The number of hydrogen-bond donors (Lipinski definition) is 3. The number of aromatic hydroxyl groups is 1. The highest BCUT2D eigenvalue weighted by Crippen LogP contribution is 2.16. The van der Waals surface area contributed by atoms with E-state index in [1.165, 1.54) is 0 Å². The molecule has 0 amide bonds. The van der Waals surface area contributed by atoms with Crippen molar-refractivity contribution in [2.75, 3.05) is 6.54 Å². The van der Waals surface area contributed by atoms with Gasteiger partial charge in [-0.1, -0.05) is 18.2 Å². The van der Waals surface area contributed by atoms with Crippen LogP contribution in [0.3, 0.4) is 0 Å². The van der Waals surface area contributed by atoms with E-state index in [0.717, 1.165) is 10.3 Å². The Kier molecular flexibility index (Phi) is 4.60. The van der Waals surface area contributed by atoms with E-state index in [0.29, 0.717) is 24.4 Å². The van der Waals surface area contributed by atoms with Crippen molar-refractivity contribution in [2.24, 2.45) is 4.99 Å². The highest BCUT2D eigenvalue weighted by Gasteiger charge is 2.17. The Hall–Kier alpha value is -3.42. The Labute approximate surface area is 142 Å². The van der Waals surface area contributed by atoms with Crippen LogP contribution in [0.2, 0.25) is 0 Å². The molecule has 8 heteroatoms. The summed E-state index contributed by atoms with van der Waals surface area (Å²) in [4.78, 5) is 37.7. The molecule has 3 aromatic rings. The summed E-state index contributed by atoms with van der Waals surface area (Å²) in [6, 6.07) is 8.58. The maximum absolute atomic E-state index is 12.2. The lowest BCUT2D eigenvalue weighted by Crippen LogP contribution is -2.32. The third-order valence-corrected chi connectivity index (χ3v) is 3.75. The van der Waals surface area contributed by atoms with Gasteiger partial charge >= 0.3 is 5.69 Å². The average Bonchev–Trinajstić information content (AvgIpc) is 3.09. The number of rotatable bonds is 5. The molecule has 0 aliphatic carbocycles. The van der Waals surface area contributed by atoms with Crippen molar-refractivity contribution in [3.8, 4) is 11.6 Å². The molecule has 0 saturated carbocycles. The number of nitrogens with one attached hydrogen (secondary N) is 2. The normalized spacial score (nSPS) is 11.6. The van der Waals surface area contributed by atoms with Gasteiger partial charge in [0.2, 0.25) is 5.88 Å². The number of aliphatic imine (C=N–C) groups is 1. The molecule has 0 aliphatic rings. The molecule has 0 atom stereocenters. The van der Waals surface area contributed by atoms with Crippen LogP contribution in [0.5, 0.6) is 5.88 Å². The Morgan fingerprint density at radius 3 is 2.72 bits per heavy atom. The molecule has 3 rings (SSSR count). The van der Waals surface area contributed by atoms with Gasteiger partial charge in [0.1, 0.15) is 5.56 Å². The first kappa shape index (κ1) is 16.4. The fraction of sp³-hybridized carbons (Fsp3) is 0.176. The van der Waals surface area contributed by atoms with Crippen molar-refractivity contribution in [1.82, 2.24) is 19.5 Å². The quantitative estimate of drug-likeness (QED) is 0.601. The van der Waals surface area contributed by atoms with Crippen LogP contribution in [0.4, 0.5) is 0 Å². The van der Waals surface area contributed by atoms with Crippen LogP contribution < -0.4 is 11.2 Å². The zero-order chi connectivity index (χ0) is 17.8. The van der Waals surface area contributed by atoms with Crippen molar-refractivity contribution in [1.29, 1.82) is 0 Å². The Morgan fingerprint density at radius 1 is 1.28 bits per heavy atom. The number of benzene rings is 1. The Bertz CT molecular complexity index is 1000. The second kappa shape index (κ2) is 7.00. The van der Waals surface area contributed by atoms with Gasteiger partial charge in [0, 0.05) is 30.6 Å². The second-order valence-corrected chi connectivity index (χ2v) is 5.42. The summed E-state index contributed by atoms with van der Waals surface area (Å²) in [7, 11) is 0. The SMILES string of the molecule is CC(=NCCc1cnc[nH]1)c1c(O)n(-c2ccccc2)c(=O)[nH]c1=O. The van der Waals surface area contributed by atoms with Gasteiger partial charge in [-0.3, -0.25) is 14.8 Å². The van der Waals surface area contributed by atoms with Gasteiger partial charge in [-0.2, -0.15) is 0 Å². The molecule has 0 aliphatic heterocycles. The number of nitrogens with zero attached hydrogens (tertiary/aromatic N) is 3. The first-order chi connectivity index (χ1) is 12.1. The highest BCUT2D eigenvalue weighted by atomic mass is 16.3. The summed E-state index contributed by atoms with van der Waals surface area (Å²) in [5, 5.41) is 10.5. The number of para-hydroxylation sites is 1. The Balaban J connectivity index is 1.98. The van der Waals surface area contributed by atoms with E-state index in [4.69, 9.17) is 0 Å². The van der Waals surface area contributed by atoms with Crippen LogP contribution in [0.25, 0.3) is 5.69 Å². The molecule has 8 nitrogen and oxygen atoms in total. The standard InChI is InChI=1S/C17H17N5O3/c1-11(19-8-7-12-9-18-10-20-12)14-15(23)21-17(25)22(16(14)24)13-5-3-2-4-6-13/h2-6,9-10,24H,7-8H2,1H3,(H,18,20)(H,21,23,25). The Morgan fingerprint density at radius 2 is 2.04 bits per heavy atom. The molecule has 25 heavy (non-hydrogen) atoms. The van der Waals surface area contributed by atoms with Gasteiger partial charge in [-0.15, -0.1) is 0 Å². The predicted molar refractivity (Wildman–Crippen MR) is 93.7 cm³/mol. The van der Waals surface area contributed by atoms with Crippen molar-refractivity contribution in [2.45, 2.75) is 13.3 Å². The van der Waals surface area contributed by atoms with E-state index in [9.17, 15) is 14.7 Å². The van der Waals surface area contributed by atoms with E-state index in [2.05, 4.69) is 19.9 Å². The molecule has 0 bridgehead atoms. The van der Waals surface area contributed by atoms with Crippen LogP contribution in [-0.2, 0) is 6.42 Å². The van der Waals surface area contributed by atoms with Crippen molar-refractivity contribution >= 4 is 5.71 Å². The molecule has 3 N–H and O–H groups in total. The van der Waals surface area contributed by atoms with Gasteiger partial charge < -0.3 is 10.1 Å².